The molecule has 70 valence electrons. The molecule has 3 nitrogen and oxygen atoms in total. The van der Waals surface area contributed by atoms with E-state index in [0.29, 0.717) is 12.2 Å². The van der Waals surface area contributed by atoms with Gasteiger partial charge in [0.1, 0.15) is 5.58 Å². The Morgan fingerprint density at radius 1 is 1.50 bits per heavy atom. The molecule has 0 aliphatic rings. The molecule has 0 fully saturated rings. The number of fused-ring (bicyclic) bond motifs is 1. The van der Waals surface area contributed by atoms with Gasteiger partial charge >= 0.3 is 5.97 Å². The molecule has 0 radical (unpaired) electrons. The Balaban J connectivity index is 2.40. The lowest BCUT2D eigenvalue weighted by molar-refractivity contribution is 0.0492. The van der Waals surface area contributed by atoms with Crippen molar-refractivity contribution in [2.45, 2.75) is 6.92 Å². The summed E-state index contributed by atoms with van der Waals surface area (Å²) in [7, 11) is 0. The molecule has 1 aromatic heterocycles. The van der Waals surface area contributed by atoms with Crippen LogP contribution in [0.5, 0.6) is 0 Å². The second-order valence-corrected chi connectivity index (χ2v) is 2.73. The maximum atomic E-state index is 11.3. The number of furan rings is 1. The minimum Gasteiger partial charge on any atom is -0.460 e. The lowest BCUT2D eigenvalue weighted by Gasteiger charge is -1.95. The van der Waals surface area contributed by atoms with Gasteiger partial charge in [-0.25, -0.2) is 4.79 Å². The molecule has 3 heteroatoms. The van der Waals surface area contributed by atoms with Crippen LogP contribution in [-0.4, -0.2) is 12.6 Å². The van der Waals surface area contributed by atoms with Crippen LogP contribution in [0.25, 0.3) is 11.0 Å². The maximum absolute atomic E-state index is 11.3. The van der Waals surface area contributed by atoms with Crippen LogP contribution in [0, 0.1) is 12.1 Å². The first-order chi connectivity index (χ1) is 6.81. The van der Waals surface area contributed by atoms with Gasteiger partial charge in [-0.1, -0.05) is 12.1 Å². The molecule has 0 aliphatic heterocycles. The van der Waals surface area contributed by atoms with Crippen molar-refractivity contribution in [3.8, 4) is 0 Å². The highest BCUT2D eigenvalue weighted by atomic mass is 16.5. The standard InChI is InChI=1S/C11H8O3/c1-2-13-11(12)10-7-8-5-3-4-6-9(8)14-10/h5-7H,2H2,1H3. The van der Waals surface area contributed by atoms with E-state index in [1.54, 1.807) is 25.1 Å². The average Bonchev–Trinajstić information content (AvgIpc) is 2.61. The predicted molar refractivity (Wildman–Crippen MR) is 49.8 cm³/mol. The second-order valence-electron chi connectivity index (χ2n) is 2.73. The van der Waals surface area contributed by atoms with E-state index in [0.717, 1.165) is 5.39 Å². The summed E-state index contributed by atoms with van der Waals surface area (Å²) in [6.45, 7) is 2.09. The Kier molecular flexibility index (Phi) is 2.11. The Morgan fingerprint density at radius 3 is 3.00 bits per heavy atom. The van der Waals surface area contributed by atoms with E-state index in [1.165, 1.54) is 0 Å². The number of hydrogen-bond acceptors (Lipinski definition) is 3. The number of carbonyl (C=O) groups is 1. The molecule has 0 unspecified atom stereocenters. The van der Waals surface area contributed by atoms with Crippen molar-refractivity contribution in [1.82, 2.24) is 0 Å². The van der Waals surface area contributed by atoms with Gasteiger partial charge in [-0.05, 0) is 13.0 Å². The summed E-state index contributed by atoms with van der Waals surface area (Å²) in [5, 5.41) is 0.826. The van der Waals surface area contributed by atoms with Gasteiger partial charge in [0.2, 0.25) is 5.76 Å². The topological polar surface area (TPSA) is 39.4 Å². The molecule has 0 amide bonds. The van der Waals surface area contributed by atoms with Gasteiger partial charge in [0.15, 0.2) is 0 Å². The van der Waals surface area contributed by atoms with Gasteiger partial charge in [0.25, 0.3) is 0 Å². The van der Waals surface area contributed by atoms with E-state index in [9.17, 15) is 4.79 Å². The van der Waals surface area contributed by atoms with Crippen molar-refractivity contribution in [3.05, 3.63) is 36.1 Å². The lowest BCUT2D eigenvalue weighted by atomic mass is 10.3. The first-order valence-electron chi connectivity index (χ1n) is 4.29. The van der Waals surface area contributed by atoms with E-state index in [4.69, 9.17) is 9.15 Å². The fourth-order valence-corrected chi connectivity index (χ4v) is 1.17. The molecule has 0 bridgehead atoms. The molecule has 0 spiro atoms. The van der Waals surface area contributed by atoms with Crippen molar-refractivity contribution in [3.63, 3.8) is 0 Å². The molecule has 0 saturated carbocycles. The van der Waals surface area contributed by atoms with E-state index in [-0.39, 0.29) is 5.76 Å². The minimum absolute atomic E-state index is 0.217. The molecule has 0 atom stereocenters. The average molecular weight is 188 g/mol. The quantitative estimate of drug-likeness (QED) is 0.678. The van der Waals surface area contributed by atoms with Crippen molar-refractivity contribution < 1.29 is 13.9 Å². The van der Waals surface area contributed by atoms with Crippen LogP contribution in [0.2, 0.25) is 0 Å². The second kappa shape index (κ2) is 3.43. The summed E-state index contributed by atoms with van der Waals surface area (Å²) in [5.41, 5.74) is 0.617. The van der Waals surface area contributed by atoms with Crippen molar-refractivity contribution in [1.29, 1.82) is 0 Å². The first kappa shape index (κ1) is 8.64. The lowest BCUT2D eigenvalue weighted by Crippen LogP contribution is -2.02. The molecule has 0 aliphatic carbocycles. The van der Waals surface area contributed by atoms with Crippen molar-refractivity contribution in [2.24, 2.45) is 0 Å². The molecular formula is C11H8O3. The first-order valence-corrected chi connectivity index (χ1v) is 4.29. The van der Waals surface area contributed by atoms with Gasteiger partial charge < -0.3 is 9.15 Å². The fourth-order valence-electron chi connectivity index (χ4n) is 1.17. The van der Waals surface area contributed by atoms with Crippen LogP contribution < -0.4 is 0 Å². The fraction of sp³-hybridized carbons (Fsp3) is 0.182. The molecule has 1 heterocycles. The zero-order valence-electron chi connectivity index (χ0n) is 7.66. The third-order valence-electron chi connectivity index (χ3n) is 1.78. The smallest absolute Gasteiger partial charge is 0.374 e. The van der Waals surface area contributed by atoms with Gasteiger partial charge in [0, 0.05) is 17.5 Å². The summed E-state index contributed by atoms with van der Waals surface area (Å²) in [6.07, 6.45) is 0. The Labute approximate surface area is 81.3 Å². The monoisotopic (exact) mass is 188 g/mol. The molecule has 1 aromatic carbocycles. The van der Waals surface area contributed by atoms with Gasteiger partial charge in [-0.15, -0.1) is 0 Å². The normalized spacial score (nSPS) is 9.79. The minimum atomic E-state index is -0.441. The van der Waals surface area contributed by atoms with E-state index < -0.39 is 5.97 Å². The molecular weight excluding hydrogens is 180 g/mol. The zero-order chi connectivity index (χ0) is 9.97. The Bertz CT molecular complexity index is 423. The van der Waals surface area contributed by atoms with Crippen LogP contribution in [0.1, 0.15) is 17.5 Å². The summed E-state index contributed by atoms with van der Waals surface area (Å²) in [4.78, 5) is 11.3. The molecule has 2 aromatic rings. The summed E-state index contributed by atoms with van der Waals surface area (Å²) in [6, 6.07) is 10.5. The summed E-state index contributed by atoms with van der Waals surface area (Å²) < 4.78 is 10.1. The zero-order valence-corrected chi connectivity index (χ0v) is 7.66. The number of hydrogen-bond donors (Lipinski definition) is 0. The number of carbonyl (C=O) groups excluding carboxylic acids is 1. The van der Waals surface area contributed by atoms with Crippen molar-refractivity contribution >= 4 is 16.9 Å². The van der Waals surface area contributed by atoms with Crippen LogP contribution >= 0.6 is 0 Å². The van der Waals surface area contributed by atoms with E-state index >= 15 is 0 Å². The highest BCUT2D eigenvalue weighted by molar-refractivity contribution is 5.92. The maximum Gasteiger partial charge on any atom is 0.374 e. The van der Waals surface area contributed by atoms with Gasteiger partial charge in [0.05, 0.1) is 6.61 Å². The van der Waals surface area contributed by atoms with Crippen molar-refractivity contribution in [2.75, 3.05) is 6.61 Å². The molecule has 0 saturated heterocycles. The molecule has 2 rings (SSSR count). The summed E-state index contributed by atoms with van der Waals surface area (Å²) in [5.74, 6) is -0.224. The van der Waals surface area contributed by atoms with Crippen LogP contribution in [0.3, 0.4) is 0 Å². The van der Waals surface area contributed by atoms with Gasteiger partial charge in [-0.2, -0.15) is 0 Å². The SMILES string of the molecule is CCOC(=O)c1cc2cc#ccc2o1. The molecule has 14 heavy (non-hydrogen) atoms. The van der Waals surface area contributed by atoms with Crippen LogP contribution in [0.15, 0.2) is 22.6 Å². The third-order valence-corrected chi connectivity index (χ3v) is 1.78. The number of rotatable bonds is 2. The van der Waals surface area contributed by atoms with E-state index in [2.05, 4.69) is 12.1 Å². The van der Waals surface area contributed by atoms with Gasteiger partial charge in [-0.3, -0.25) is 0 Å². The number of ether oxygens (including phenoxy) is 1. The highest BCUT2D eigenvalue weighted by Gasteiger charge is 2.12. The Hall–Kier alpha value is -1.95. The highest BCUT2D eigenvalue weighted by Crippen LogP contribution is 2.17. The Morgan fingerprint density at radius 2 is 2.29 bits per heavy atom. The largest absolute Gasteiger partial charge is 0.460 e. The van der Waals surface area contributed by atoms with Crippen LogP contribution in [-0.2, 0) is 4.74 Å². The molecule has 0 N–H and O–H groups in total. The number of esters is 1. The summed E-state index contributed by atoms with van der Waals surface area (Å²) >= 11 is 0. The predicted octanol–water partition coefficient (Wildman–Crippen LogP) is 2.21. The third kappa shape index (κ3) is 1.42. The van der Waals surface area contributed by atoms with Crippen LogP contribution in [0.4, 0.5) is 0 Å². The van der Waals surface area contributed by atoms with E-state index in [1.807, 2.05) is 0 Å².